The van der Waals surface area contributed by atoms with Gasteiger partial charge in [0.1, 0.15) is 14.6 Å². The Bertz CT molecular complexity index is 266. The molecule has 0 saturated carbocycles. The molecule has 1 rings (SSSR count). The van der Waals surface area contributed by atoms with Gasteiger partial charge in [0.25, 0.3) is 0 Å². The summed E-state index contributed by atoms with van der Waals surface area (Å²) in [5, 5.41) is 59.0. The molecule has 5 unspecified atom stereocenters. The summed E-state index contributed by atoms with van der Waals surface area (Å²) < 4.78 is 15.0. The molecule has 18 heavy (non-hydrogen) atoms. The summed E-state index contributed by atoms with van der Waals surface area (Å²) in [4.78, 5) is 0. The first-order valence-corrected chi connectivity index (χ1v) is 5.22. The Morgan fingerprint density at radius 2 is 1.67 bits per heavy atom. The van der Waals surface area contributed by atoms with Crippen LogP contribution in [0, 0.1) is 5.92 Å². The molecule has 0 aromatic rings. The van der Waals surface area contributed by atoms with Gasteiger partial charge in [-0.25, -0.2) is 0 Å². The zero-order valence-electron chi connectivity index (χ0n) is 9.96. The zero-order valence-corrected chi connectivity index (χ0v) is 14.9. The fourth-order valence-corrected chi connectivity index (χ4v) is 2.05. The van der Waals surface area contributed by atoms with Crippen molar-refractivity contribution < 1.29 is 99.1 Å². The van der Waals surface area contributed by atoms with Crippen LogP contribution in [-0.2, 0) is 9.30 Å². The van der Waals surface area contributed by atoms with Crippen molar-refractivity contribution in [1.82, 2.24) is 0 Å². The van der Waals surface area contributed by atoms with Crippen LogP contribution < -0.4 is 69.3 Å². The van der Waals surface area contributed by atoms with Gasteiger partial charge in [0.05, 0.1) is 18.8 Å². The van der Waals surface area contributed by atoms with E-state index in [4.69, 9.17) is 10.2 Å². The second-order valence-corrected chi connectivity index (χ2v) is 4.28. The molecule has 11 heteroatoms. The maximum Gasteiger partial charge on any atom is 1.00 e. The first-order chi connectivity index (χ1) is 7.35. The van der Waals surface area contributed by atoms with Crippen LogP contribution in [0.1, 0.15) is 0 Å². The predicted molar refractivity (Wildman–Crippen MR) is 43.8 cm³/mol. The number of aliphatic hydroxyl groups is 4. The van der Waals surface area contributed by atoms with Gasteiger partial charge in [-0.1, -0.05) is 0 Å². The fraction of sp³-hybridized carbons (Fsp3) is 1.00. The van der Waals surface area contributed by atoms with Crippen molar-refractivity contribution in [2.45, 2.75) is 30.1 Å². The van der Waals surface area contributed by atoms with Gasteiger partial charge in [0.2, 0.25) is 0 Å². The van der Waals surface area contributed by atoms with E-state index in [2.05, 4.69) is 4.74 Å². The Morgan fingerprint density at radius 3 is 2.06 bits per heavy atom. The molecule has 5 atom stereocenters. The summed E-state index contributed by atoms with van der Waals surface area (Å²) in [5.74, 6) is -1.84. The molecule has 1 saturated heterocycles. The molecule has 0 bridgehead atoms. The number of rotatable bonds is 3. The molecule has 1 fully saturated rings. The monoisotopic (exact) mass is 300 g/mol. The summed E-state index contributed by atoms with van der Waals surface area (Å²) in [7, 11) is -1.34. The van der Waals surface area contributed by atoms with Crippen LogP contribution in [-0.4, -0.2) is 57.2 Å². The van der Waals surface area contributed by atoms with Crippen molar-refractivity contribution in [3.8, 4) is 0 Å². The van der Waals surface area contributed by atoms with E-state index < -0.39 is 51.1 Å². The maximum atomic E-state index is 11.2. The number of aliphatic hydroxyl groups excluding tert-OH is 4. The molecule has 94 valence electrons. The van der Waals surface area contributed by atoms with Gasteiger partial charge in [-0.2, -0.15) is 0 Å². The minimum atomic E-state index is -3.37. The van der Waals surface area contributed by atoms with Gasteiger partial charge < -0.3 is 35.4 Å². The van der Waals surface area contributed by atoms with Crippen molar-refractivity contribution in [1.29, 1.82) is 0 Å². The van der Waals surface area contributed by atoms with E-state index in [0.717, 1.165) is 0 Å². The van der Waals surface area contributed by atoms with Gasteiger partial charge in [0, 0.05) is 5.92 Å². The van der Waals surface area contributed by atoms with E-state index in [1.54, 1.807) is 0 Å². The van der Waals surface area contributed by atoms with E-state index in [-0.39, 0.29) is 59.1 Å². The Balaban J connectivity index is 0. The average Bonchev–Trinajstić information content (AvgIpc) is 2.24. The number of ether oxygens (including phenoxy) is 1. The smallest absolute Gasteiger partial charge is 0.854 e. The summed E-state index contributed by atoms with van der Waals surface area (Å²) in [6.45, 7) is -0.826. The Hall–Kier alpha value is 1.82. The quantitative estimate of drug-likeness (QED) is 0.228. The van der Waals surface area contributed by atoms with Crippen LogP contribution in [0.2, 0.25) is 0 Å². The average molecular weight is 300 g/mol. The minimum absolute atomic E-state index is 0. The van der Waals surface area contributed by atoms with Crippen LogP contribution in [0.15, 0.2) is 0 Å². The van der Waals surface area contributed by atoms with Crippen molar-refractivity contribution >= 4 is 8.46 Å². The van der Waals surface area contributed by atoms with Crippen LogP contribution in [0.3, 0.4) is 0 Å². The van der Waals surface area contributed by atoms with E-state index >= 15 is 0 Å². The van der Waals surface area contributed by atoms with Crippen LogP contribution >= 0.6 is 8.46 Å². The largest absolute Gasteiger partial charge is 1.00 e. The third-order valence-corrected chi connectivity index (χ3v) is 3.01. The molecule has 8 nitrogen and oxygen atoms in total. The third kappa shape index (κ3) is 4.68. The molecular formula is C7H11Na2O8P. The maximum absolute atomic E-state index is 11.2. The summed E-state index contributed by atoms with van der Waals surface area (Å²) >= 11 is 0. The normalized spacial score (nSPS) is 36.7. The molecule has 0 radical (unpaired) electrons. The number of hydrogen-bond acceptors (Lipinski definition) is 8. The molecule has 1 aliphatic rings. The van der Waals surface area contributed by atoms with Gasteiger partial charge in [-0.05, 0) is 0 Å². The Kier molecular flexibility index (Phi) is 11.0. The minimum Gasteiger partial charge on any atom is -0.854 e. The van der Waals surface area contributed by atoms with Gasteiger partial charge in [0.15, 0.2) is 6.29 Å². The van der Waals surface area contributed by atoms with E-state index in [9.17, 15) is 25.0 Å². The topological polar surface area (TPSA) is 153 Å². The van der Waals surface area contributed by atoms with Crippen molar-refractivity contribution in [2.24, 2.45) is 5.92 Å². The Morgan fingerprint density at radius 1 is 1.17 bits per heavy atom. The molecule has 0 aromatic heterocycles. The second-order valence-electron chi connectivity index (χ2n) is 3.48. The second kappa shape index (κ2) is 8.96. The summed E-state index contributed by atoms with van der Waals surface area (Å²) in [5.41, 5.74) is -3.37. The zero-order chi connectivity index (χ0) is 12.5. The van der Waals surface area contributed by atoms with Crippen LogP contribution in [0.4, 0.5) is 0 Å². The first kappa shape index (κ1) is 22.1. The number of hydrogen-bond donors (Lipinski definition) is 4. The molecule has 0 amide bonds. The van der Waals surface area contributed by atoms with E-state index in [1.165, 1.54) is 0 Å². The first-order valence-electron chi connectivity index (χ1n) is 4.41. The third-order valence-electron chi connectivity index (χ3n) is 2.45. The predicted octanol–water partition coefficient (Wildman–Crippen LogP) is -10.3. The molecular weight excluding hydrogens is 289 g/mol. The molecule has 1 aliphatic heterocycles. The SMILES string of the molecule is O=PC([O-])([O-])C1C(CO)OC(O)C(O)C1O.[Na+].[Na+]. The Labute approximate surface area is 149 Å². The molecule has 4 N–H and O–H groups in total. The van der Waals surface area contributed by atoms with Crippen LogP contribution in [0.5, 0.6) is 0 Å². The fourth-order valence-electron chi connectivity index (χ4n) is 1.61. The molecule has 1 heterocycles. The molecule has 0 spiro atoms. The van der Waals surface area contributed by atoms with Crippen LogP contribution in [0.25, 0.3) is 0 Å². The molecule has 0 aliphatic carbocycles. The van der Waals surface area contributed by atoms with Crippen molar-refractivity contribution in [3.05, 3.63) is 0 Å². The molecule has 0 aromatic carbocycles. The van der Waals surface area contributed by atoms with Gasteiger partial charge >= 0.3 is 59.1 Å². The van der Waals surface area contributed by atoms with Crippen molar-refractivity contribution in [2.75, 3.05) is 6.61 Å². The summed E-state index contributed by atoms with van der Waals surface area (Å²) in [6.07, 6.45) is -7.08. The van der Waals surface area contributed by atoms with Crippen molar-refractivity contribution in [3.63, 3.8) is 0 Å². The van der Waals surface area contributed by atoms with Gasteiger partial charge in [-0.3, -0.25) is 4.57 Å². The van der Waals surface area contributed by atoms with E-state index in [1.807, 2.05) is 0 Å². The summed E-state index contributed by atoms with van der Waals surface area (Å²) in [6, 6.07) is 0. The standard InChI is InChI=1S/C7H11O8P.2Na/c8-1-2-3(7(12,13)16-14)4(9)5(10)6(11)15-2;;/h2-6,8-11H,1H2;;/q-2;2*+1. The van der Waals surface area contributed by atoms with Gasteiger partial charge in [-0.15, -0.1) is 5.53 Å². The van der Waals surface area contributed by atoms with E-state index in [0.29, 0.717) is 0 Å².